The highest BCUT2D eigenvalue weighted by Crippen LogP contribution is 2.43. The third kappa shape index (κ3) is 1.81. The van der Waals surface area contributed by atoms with Crippen LogP contribution in [0.15, 0.2) is 18.2 Å². The Labute approximate surface area is 117 Å². The maximum atomic E-state index is 12.4. The quantitative estimate of drug-likeness (QED) is 0.847. The second-order valence-corrected chi connectivity index (χ2v) is 5.37. The van der Waals surface area contributed by atoms with E-state index in [0.717, 1.165) is 24.8 Å². The van der Waals surface area contributed by atoms with E-state index in [0.29, 0.717) is 18.0 Å². The van der Waals surface area contributed by atoms with E-state index < -0.39 is 0 Å². The maximum absolute atomic E-state index is 12.4. The summed E-state index contributed by atoms with van der Waals surface area (Å²) in [6.07, 6.45) is 2.59. The number of nitrogens with two attached hydrogens (primary N) is 1. The number of benzene rings is 1. The molecule has 5 nitrogen and oxygen atoms in total. The van der Waals surface area contributed by atoms with Gasteiger partial charge in [-0.05, 0) is 30.5 Å². The first-order valence-electron chi connectivity index (χ1n) is 6.92. The fourth-order valence-electron chi connectivity index (χ4n) is 3.26. The predicted octanol–water partition coefficient (Wildman–Crippen LogP) is 1.44. The fourth-order valence-corrected chi connectivity index (χ4v) is 3.26. The summed E-state index contributed by atoms with van der Waals surface area (Å²) >= 11 is 0. The number of imide groups is 1. The number of carbonyl (C=O) groups is 2. The van der Waals surface area contributed by atoms with Crippen LogP contribution in [-0.2, 0) is 16.1 Å². The molecule has 0 bridgehead atoms. The summed E-state index contributed by atoms with van der Waals surface area (Å²) in [4.78, 5) is 26.2. The van der Waals surface area contributed by atoms with E-state index in [1.54, 1.807) is 12.1 Å². The van der Waals surface area contributed by atoms with Crippen LogP contribution in [0.2, 0.25) is 0 Å². The lowest BCUT2D eigenvalue weighted by atomic mass is 10.00. The molecule has 2 amide bonds. The van der Waals surface area contributed by atoms with E-state index in [1.807, 2.05) is 6.07 Å². The molecule has 2 fully saturated rings. The zero-order valence-corrected chi connectivity index (χ0v) is 11.5. The monoisotopic (exact) mass is 274 g/mol. The van der Waals surface area contributed by atoms with Gasteiger partial charge in [-0.1, -0.05) is 12.5 Å². The van der Waals surface area contributed by atoms with E-state index >= 15 is 0 Å². The molecule has 1 saturated carbocycles. The van der Waals surface area contributed by atoms with Gasteiger partial charge in [-0.2, -0.15) is 0 Å². The van der Waals surface area contributed by atoms with E-state index in [4.69, 9.17) is 10.5 Å². The van der Waals surface area contributed by atoms with Crippen LogP contribution in [0.1, 0.15) is 24.8 Å². The second kappa shape index (κ2) is 4.90. The Kier molecular flexibility index (Phi) is 3.22. The normalized spacial score (nSPS) is 25.2. The molecule has 106 valence electrons. The first-order chi connectivity index (χ1) is 9.67. The lowest BCUT2D eigenvalue weighted by molar-refractivity contribution is -0.122. The largest absolute Gasteiger partial charge is 0.495 e. The average Bonchev–Trinajstić information content (AvgIpc) is 3.04. The van der Waals surface area contributed by atoms with E-state index in [2.05, 4.69) is 0 Å². The van der Waals surface area contributed by atoms with Crippen molar-refractivity contribution in [3.63, 3.8) is 0 Å². The number of carbonyl (C=O) groups excluding carboxylic acids is 2. The number of ether oxygens (including phenoxy) is 1. The van der Waals surface area contributed by atoms with Crippen molar-refractivity contribution in [2.75, 3.05) is 12.0 Å². The molecule has 20 heavy (non-hydrogen) atoms. The Balaban J connectivity index is 2.01. The zero-order valence-electron chi connectivity index (χ0n) is 11.5. The number of amides is 2. The molecular formula is C15H18N2O3. The van der Waals surface area contributed by atoms with E-state index in [9.17, 15) is 9.59 Å². The van der Waals surface area contributed by atoms with Gasteiger partial charge in [0.05, 0.1) is 24.6 Å². The van der Waals surface area contributed by atoms with Crippen molar-refractivity contribution in [3.8, 4) is 5.75 Å². The van der Waals surface area contributed by atoms with Crippen LogP contribution in [0.3, 0.4) is 0 Å². The number of hydrogen-bond acceptors (Lipinski definition) is 4. The molecule has 1 aliphatic heterocycles. The molecular weight excluding hydrogens is 256 g/mol. The number of hydrogen-bond donors (Lipinski definition) is 1. The number of anilines is 1. The Bertz CT molecular complexity index is 548. The minimum absolute atomic E-state index is 0.0868. The summed E-state index contributed by atoms with van der Waals surface area (Å²) in [6.45, 7) is 0.393. The molecule has 0 aromatic heterocycles. The van der Waals surface area contributed by atoms with E-state index in [1.165, 1.54) is 12.0 Å². The number of methoxy groups -OCH3 is 1. The molecule has 0 spiro atoms. The molecule has 2 aliphatic rings. The van der Waals surface area contributed by atoms with Crippen molar-refractivity contribution in [1.82, 2.24) is 0 Å². The third-order valence-electron chi connectivity index (χ3n) is 4.31. The van der Waals surface area contributed by atoms with Crippen molar-refractivity contribution in [1.29, 1.82) is 0 Å². The van der Waals surface area contributed by atoms with Crippen molar-refractivity contribution < 1.29 is 14.3 Å². The summed E-state index contributed by atoms with van der Waals surface area (Å²) in [7, 11) is 1.53. The van der Waals surface area contributed by atoms with Crippen molar-refractivity contribution >= 4 is 17.5 Å². The standard InChI is InChI=1S/C15H18N2O3/c1-20-13-7-9(8-16)5-6-12(13)17-14(18)10-3-2-4-11(10)15(17)19/h5-7,10-11H,2-4,8,16H2,1H3. The molecule has 1 heterocycles. The molecule has 1 aromatic carbocycles. The minimum Gasteiger partial charge on any atom is -0.495 e. The van der Waals surface area contributed by atoms with Crippen LogP contribution >= 0.6 is 0 Å². The lowest BCUT2D eigenvalue weighted by Crippen LogP contribution is -2.32. The Morgan fingerprint density at radius 3 is 2.45 bits per heavy atom. The molecule has 0 radical (unpaired) electrons. The third-order valence-corrected chi connectivity index (χ3v) is 4.31. The predicted molar refractivity (Wildman–Crippen MR) is 74.2 cm³/mol. The highest BCUT2D eigenvalue weighted by molar-refractivity contribution is 6.22. The summed E-state index contributed by atoms with van der Waals surface area (Å²) < 4.78 is 5.32. The first kappa shape index (κ1) is 13.1. The molecule has 1 aliphatic carbocycles. The van der Waals surface area contributed by atoms with Gasteiger partial charge in [0.2, 0.25) is 11.8 Å². The van der Waals surface area contributed by atoms with Gasteiger partial charge in [0.15, 0.2) is 0 Å². The minimum atomic E-state index is -0.138. The van der Waals surface area contributed by atoms with Crippen LogP contribution < -0.4 is 15.4 Å². The average molecular weight is 274 g/mol. The molecule has 5 heteroatoms. The molecule has 1 saturated heterocycles. The van der Waals surface area contributed by atoms with Crippen LogP contribution in [0.5, 0.6) is 5.75 Å². The van der Waals surface area contributed by atoms with Crippen molar-refractivity contribution in [2.45, 2.75) is 25.8 Å². The first-order valence-corrected chi connectivity index (χ1v) is 6.92. The van der Waals surface area contributed by atoms with Crippen LogP contribution in [-0.4, -0.2) is 18.9 Å². The summed E-state index contributed by atoms with van der Waals surface area (Å²) in [5, 5.41) is 0. The molecule has 1 aromatic rings. The Morgan fingerprint density at radius 2 is 1.90 bits per heavy atom. The van der Waals surface area contributed by atoms with Crippen LogP contribution in [0.25, 0.3) is 0 Å². The number of nitrogens with zero attached hydrogens (tertiary/aromatic N) is 1. The molecule has 2 unspecified atom stereocenters. The summed E-state index contributed by atoms with van der Waals surface area (Å²) in [6, 6.07) is 5.36. The highest BCUT2D eigenvalue weighted by atomic mass is 16.5. The zero-order chi connectivity index (χ0) is 14.3. The van der Waals surface area contributed by atoms with Gasteiger partial charge in [0.25, 0.3) is 0 Å². The summed E-state index contributed by atoms with van der Waals surface area (Å²) in [5.41, 5.74) is 7.05. The van der Waals surface area contributed by atoms with Gasteiger partial charge in [0.1, 0.15) is 5.75 Å². The van der Waals surface area contributed by atoms with E-state index in [-0.39, 0.29) is 23.7 Å². The Morgan fingerprint density at radius 1 is 1.25 bits per heavy atom. The number of rotatable bonds is 3. The second-order valence-electron chi connectivity index (χ2n) is 5.37. The van der Waals surface area contributed by atoms with Gasteiger partial charge in [-0.25, -0.2) is 4.90 Å². The van der Waals surface area contributed by atoms with Crippen molar-refractivity contribution in [3.05, 3.63) is 23.8 Å². The summed E-state index contributed by atoms with van der Waals surface area (Å²) in [5.74, 6) is 0.0741. The maximum Gasteiger partial charge on any atom is 0.237 e. The van der Waals surface area contributed by atoms with Gasteiger partial charge >= 0.3 is 0 Å². The van der Waals surface area contributed by atoms with Gasteiger partial charge in [0, 0.05) is 6.54 Å². The number of fused-ring (bicyclic) bond motifs is 1. The topological polar surface area (TPSA) is 72.6 Å². The molecule has 2 atom stereocenters. The van der Waals surface area contributed by atoms with Gasteiger partial charge in [-0.3, -0.25) is 9.59 Å². The Hall–Kier alpha value is -1.88. The van der Waals surface area contributed by atoms with Crippen LogP contribution in [0, 0.1) is 11.8 Å². The highest BCUT2D eigenvalue weighted by Gasteiger charge is 2.50. The SMILES string of the molecule is COc1cc(CN)ccc1N1C(=O)C2CCCC2C1=O. The lowest BCUT2D eigenvalue weighted by Gasteiger charge is -2.19. The van der Waals surface area contributed by atoms with Gasteiger partial charge in [-0.15, -0.1) is 0 Å². The van der Waals surface area contributed by atoms with Crippen molar-refractivity contribution in [2.24, 2.45) is 17.6 Å². The smallest absolute Gasteiger partial charge is 0.237 e. The van der Waals surface area contributed by atoms with Gasteiger partial charge < -0.3 is 10.5 Å². The molecule has 3 rings (SSSR count). The molecule has 2 N–H and O–H groups in total. The fraction of sp³-hybridized carbons (Fsp3) is 0.467. The van der Waals surface area contributed by atoms with Crippen LogP contribution in [0.4, 0.5) is 5.69 Å².